The van der Waals surface area contributed by atoms with Crippen LogP contribution >= 0.6 is 0 Å². The molecule has 0 saturated carbocycles. The first-order valence-corrected chi connectivity index (χ1v) is 8.37. The Labute approximate surface area is 145 Å². The van der Waals surface area contributed by atoms with Crippen LogP contribution in [0, 0.1) is 11.6 Å². The zero-order chi connectivity index (χ0) is 17.8. The Morgan fingerprint density at radius 3 is 2.72 bits per heavy atom. The Bertz CT molecular complexity index is 749. The lowest BCUT2D eigenvalue weighted by atomic mass is 10.0. The molecule has 1 aliphatic rings. The second-order valence-electron chi connectivity index (χ2n) is 6.28. The van der Waals surface area contributed by atoms with E-state index in [2.05, 4.69) is 10.2 Å². The maximum atomic E-state index is 13.7. The Balaban J connectivity index is 1.57. The van der Waals surface area contributed by atoms with E-state index in [1.165, 1.54) is 30.3 Å². The van der Waals surface area contributed by atoms with E-state index >= 15 is 0 Å². The standard InChI is InChI=1S/C19H21F2N3O/c20-14-5-3-13(4-6-14)18-2-1-10-24(18)11-9-19(25)23-17-12-15(22)7-8-16(17)21/h3-8,12,18H,1-2,9-11,22H2,(H,23,25). The summed E-state index contributed by atoms with van der Waals surface area (Å²) in [6.07, 6.45) is 2.27. The second-order valence-corrected chi connectivity index (χ2v) is 6.28. The van der Waals surface area contributed by atoms with E-state index in [1.54, 1.807) is 12.1 Å². The van der Waals surface area contributed by atoms with Gasteiger partial charge in [-0.2, -0.15) is 0 Å². The highest BCUT2D eigenvalue weighted by Gasteiger charge is 2.26. The minimum Gasteiger partial charge on any atom is -0.399 e. The van der Waals surface area contributed by atoms with Crippen LogP contribution in [-0.4, -0.2) is 23.9 Å². The highest BCUT2D eigenvalue weighted by atomic mass is 19.1. The van der Waals surface area contributed by atoms with Gasteiger partial charge >= 0.3 is 0 Å². The predicted octanol–water partition coefficient (Wildman–Crippen LogP) is 3.71. The lowest BCUT2D eigenvalue weighted by Crippen LogP contribution is -2.27. The van der Waals surface area contributed by atoms with E-state index in [1.807, 2.05) is 0 Å². The third-order valence-corrected chi connectivity index (χ3v) is 4.51. The molecular formula is C19H21F2N3O. The molecule has 2 aromatic carbocycles. The van der Waals surface area contributed by atoms with E-state index < -0.39 is 5.82 Å². The number of hydrogen-bond donors (Lipinski definition) is 2. The lowest BCUT2D eigenvalue weighted by Gasteiger charge is -2.24. The molecule has 0 bridgehead atoms. The molecule has 3 N–H and O–H groups in total. The Kier molecular flexibility index (Phi) is 5.28. The average Bonchev–Trinajstić information content (AvgIpc) is 3.05. The van der Waals surface area contributed by atoms with Gasteiger partial charge in [-0.3, -0.25) is 9.69 Å². The van der Waals surface area contributed by atoms with Crippen molar-refractivity contribution in [2.24, 2.45) is 0 Å². The molecule has 1 saturated heterocycles. The van der Waals surface area contributed by atoms with E-state index in [0.717, 1.165) is 24.9 Å². The molecule has 4 nitrogen and oxygen atoms in total. The fourth-order valence-electron chi connectivity index (χ4n) is 3.25. The fourth-order valence-corrected chi connectivity index (χ4v) is 3.25. The third kappa shape index (κ3) is 4.33. The molecule has 1 atom stereocenters. The largest absolute Gasteiger partial charge is 0.399 e. The number of rotatable bonds is 5. The number of nitrogen functional groups attached to an aromatic ring is 1. The number of hydrogen-bond acceptors (Lipinski definition) is 3. The summed E-state index contributed by atoms with van der Waals surface area (Å²) >= 11 is 0. The van der Waals surface area contributed by atoms with Crippen molar-refractivity contribution in [2.75, 3.05) is 24.1 Å². The van der Waals surface area contributed by atoms with Crippen LogP contribution in [0.3, 0.4) is 0 Å². The normalized spacial score (nSPS) is 17.6. The van der Waals surface area contributed by atoms with Gasteiger partial charge in [0.15, 0.2) is 0 Å². The van der Waals surface area contributed by atoms with Crippen LogP contribution < -0.4 is 11.1 Å². The molecule has 0 spiro atoms. The number of nitrogens with two attached hydrogens (primary N) is 1. The summed E-state index contributed by atoms with van der Waals surface area (Å²) in [6, 6.07) is 10.8. The van der Waals surface area contributed by atoms with Gasteiger partial charge in [0.1, 0.15) is 11.6 Å². The van der Waals surface area contributed by atoms with Gasteiger partial charge in [0.2, 0.25) is 5.91 Å². The number of amides is 1. The number of benzene rings is 2. The number of anilines is 2. The zero-order valence-electron chi connectivity index (χ0n) is 13.8. The summed E-state index contributed by atoms with van der Waals surface area (Å²) in [5, 5.41) is 2.57. The molecule has 6 heteroatoms. The number of halogens is 2. The Hall–Kier alpha value is -2.47. The van der Waals surface area contributed by atoms with Crippen molar-refractivity contribution in [2.45, 2.75) is 25.3 Å². The summed E-state index contributed by atoms with van der Waals surface area (Å²) in [5.74, 6) is -1.01. The van der Waals surface area contributed by atoms with Crippen LogP contribution in [0.1, 0.15) is 30.9 Å². The number of carbonyl (C=O) groups excluding carboxylic acids is 1. The molecule has 0 radical (unpaired) electrons. The number of carbonyl (C=O) groups is 1. The molecule has 25 heavy (non-hydrogen) atoms. The third-order valence-electron chi connectivity index (χ3n) is 4.51. The molecule has 1 unspecified atom stereocenters. The number of likely N-dealkylation sites (tertiary alicyclic amines) is 1. The summed E-state index contributed by atoms with van der Waals surface area (Å²) in [4.78, 5) is 14.3. The van der Waals surface area contributed by atoms with E-state index in [0.29, 0.717) is 12.2 Å². The zero-order valence-corrected chi connectivity index (χ0v) is 13.8. The minimum absolute atomic E-state index is 0.0986. The topological polar surface area (TPSA) is 58.4 Å². The van der Waals surface area contributed by atoms with Crippen molar-refractivity contribution in [1.29, 1.82) is 0 Å². The SMILES string of the molecule is Nc1ccc(F)c(NC(=O)CCN2CCCC2c2ccc(F)cc2)c1. The summed E-state index contributed by atoms with van der Waals surface area (Å²) in [7, 11) is 0. The lowest BCUT2D eigenvalue weighted by molar-refractivity contribution is -0.116. The summed E-state index contributed by atoms with van der Waals surface area (Å²) in [6.45, 7) is 1.46. The molecular weight excluding hydrogens is 324 g/mol. The molecule has 0 aromatic heterocycles. The van der Waals surface area contributed by atoms with Crippen LogP contribution in [0.25, 0.3) is 0 Å². The monoisotopic (exact) mass is 345 g/mol. The van der Waals surface area contributed by atoms with Crippen LogP contribution in [0.15, 0.2) is 42.5 Å². The van der Waals surface area contributed by atoms with Crippen molar-refractivity contribution in [3.05, 3.63) is 59.7 Å². The first kappa shape index (κ1) is 17.4. The van der Waals surface area contributed by atoms with Gasteiger partial charge in [-0.1, -0.05) is 12.1 Å². The fraction of sp³-hybridized carbons (Fsp3) is 0.316. The van der Waals surface area contributed by atoms with Gasteiger partial charge in [0.05, 0.1) is 5.69 Å². The molecule has 3 rings (SSSR count). The molecule has 1 aliphatic heterocycles. The first-order chi connectivity index (χ1) is 12.0. The Morgan fingerprint density at radius 1 is 1.20 bits per heavy atom. The molecule has 2 aromatic rings. The molecule has 1 heterocycles. The second kappa shape index (κ2) is 7.61. The molecule has 0 aliphatic carbocycles. The van der Waals surface area contributed by atoms with Crippen molar-refractivity contribution in [3.8, 4) is 0 Å². The first-order valence-electron chi connectivity index (χ1n) is 8.37. The van der Waals surface area contributed by atoms with E-state index in [4.69, 9.17) is 5.73 Å². The average molecular weight is 345 g/mol. The Morgan fingerprint density at radius 2 is 1.96 bits per heavy atom. The van der Waals surface area contributed by atoms with Gasteiger partial charge in [-0.15, -0.1) is 0 Å². The van der Waals surface area contributed by atoms with Crippen LogP contribution in [-0.2, 0) is 4.79 Å². The van der Waals surface area contributed by atoms with Crippen molar-refractivity contribution in [3.63, 3.8) is 0 Å². The minimum atomic E-state index is -0.507. The van der Waals surface area contributed by atoms with Gasteiger partial charge < -0.3 is 11.1 Å². The van der Waals surface area contributed by atoms with E-state index in [-0.39, 0.29) is 29.9 Å². The van der Waals surface area contributed by atoms with Crippen LogP contribution in [0.4, 0.5) is 20.2 Å². The van der Waals surface area contributed by atoms with Gasteiger partial charge in [0.25, 0.3) is 0 Å². The summed E-state index contributed by atoms with van der Waals surface area (Å²) < 4.78 is 26.8. The van der Waals surface area contributed by atoms with Gasteiger partial charge in [0, 0.05) is 24.7 Å². The molecule has 1 fully saturated rings. The van der Waals surface area contributed by atoms with Gasteiger partial charge in [-0.25, -0.2) is 8.78 Å². The number of nitrogens with zero attached hydrogens (tertiary/aromatic N) is 1. The predicted molar refractivity (Wildman–Crippen MR) is 94.0 cm³/mol. The van der Waals surface area contributed by atoms with Crippen molar-refractivity contribution in [1.82, 2.24) is 4.90 Å². The van der Waals surface area contributed by atoms with Crippen molar-refractivity contribution >= 4 is 17.3 Å². The van der Waals surface area contributed by atoms with Crippen LogP contribution in [0.5, 0.6) is 0 Å². The van der Waals surface area contributed by atoms with Crippen molar-refractivity contribution < 1.29 is 13.6 Å². The smallest absolute Gasteiger partial charge is 0.225 e. The van der Waals surface area contributed by atoms with Crippen LogP contribution in [0.2, 0.25) is 0 Å². The molecule has 132 valence electrons. The number of nitrogens with one attached hydrogen (secondary N) is 1. The maximum Gasteiger partial charge on any atom is 0.225 e. The summed E-state index contributed by atoms with van der Waals surface area (Å²) in [5.41, 5.74) is 7.17. The van der Waals surface area contributed by atoms with E-state index in [9.17, 15) is 13.6 Å². The molecule has 1 amide bonds. The highest BCUT2D eigenvalue weighted by Crippen LogP contribution is 2.32. The highest BCUT2D eigenvalue weighted by molar-refractivity contribution is 5.91. The maximum absolute atomic E-state index is 13.7. The van der Waals surface area contributed by atoms with Gasteiger partial charge in [-0.05, 0) is 55.3 Å². The quantitative estimate of drug-likeness (QED) is 0.812.